The van der Waals surface area contributed by atoms with Gasteiger partial charge in [0.15, 0.2) is 0 Å². The van der Waals surface area contributed by atoms with Crippen molar-refractivity contribution in [2.45, 2.75) is 6.42 Å². The molecule has 3 aromatic heterocycles. The van der Waals surface area contributed by atoms with Crippen LogP contribution in [0.2, 0.25) is 0 Å². The van der Waals surface area contributed by atoms with Gasteiger partial charge in [0, 0.05) is 42.5 Å². The molecule has 0 fully saturated rings. The van der Waals surface area contributed by atoms with E-state index in [1.807, 2.05) is 59.7 Å². The Morgan fingerprint density at radius 1 is 0.633 bits per heavy atom. The third kappa shape index (κ3) is 3.89. The standard InChI is InChI=1S/C26H20N4/c1-3-11-27-24(9-1)16-20-7-5-8-21(15-20)22-17-23(26-10-2-4-12-28-26)19-25(18-22)30-14-6-13-29-30/h1-15,17-19H,16H2. The summed E-state index contributed by atoms with van der Waals surface area (Å²) in [5.74, 6) is 0. The van der Waals surface area contributed by atoms with Crippen LogP contribution >= 0.6 is 0 Å². The first-order valence-electron chi connectivity index (χ1n) is 9.91. The summed E-state index contributed by atoms with van der Waals surface area (Å²) in [4.78, 5) is 9.00. The van der Waals surface area contributed by atoms with Crippen molar-refractivity contribution in [2.75, 3.05) is 0 Å². The van der Waals surface area contributed by atoms with Crippen LogP contribution in [0.1, 0.15) is 11.3 Å². The van der Waals surface area contributed by atoms with Crippen LogP contribution in [0.4, 0.5) is 0 Å². The molecule has 0 N–H and O–H groups in total. The zero-order chi connectivity index (χ0) is 20.2. The van der Waals surface area contributed by atoms with Crippen LogP contribution < -0.4 is 0 Å². The van der Waals surface area contributed by atoms with Crippen molar-refractivity contribution < 1.29 is 0 Å². The van der Waals surface area contributed by atoms with Crippen molar-refractivity contribution in [3.8, 4) is 28.1 Å². The Morgan fingerprint density at radius 3 is 2.27 bits per heavy atom. The van der Waals surface area contributed by atoms with E-state index in [0.717, 1.165) is 40.2 Å². The highest BCUT2D eigenvalue weighted by Gasteiger charge is 2.09. The van der Waals surface area contributed by atoms with Crippen LogP contribution in [0.3, 0.4) is 0 Å². The number of hydrogen-bond acceptors (Lipinski definition) is 3. The van der Waals surface area contributed by atoms with Gasteiger partial charge >= 0.3 is 0 Å². The van der Waals surface area contributed by atoms with Gasteiger partial charge in [-0.1, -0.05) is 36.4 Å². The van der Waals surface area contributed by atoms with Crippen molar-refractivity contribution in [2.24, 2.45) is 0 Å². The number of aromatic nitrogens is 4. The summed E-state index contributed by atoms with van der Waals surface area (Å²) in [7, 11) is 0. The highest BCUT2D eigenvalue weighted by Crippen LogP contribution is 2.29. The van der Waals surface area contributed by atoms with Crippen LogP contribution in [0.25, 0.3) is 28.1 Å². The van der Waals surface area contributed by atoms with Crippen molar-refractivity contribution in [3.05, 3.63) is 121 Å². The van der Waals surface area contributed by atoms with Gasteiger partial charge in [0.05, 0.1) is 11.4 Å². The second-order valence-corrected chi connectivity index (χ2v) is 7.13. The Hall–Kier alpha value is -4.05. The van der Waals surface area contributed by atoms with Crippen LogP contribution in [-0.4, -0.2) is 19.7 Å². The van der Waals surface area contributed by atoms with E-state index < -0.39 is 0 Å². The van der Waals surface area contributed by atoms with Crippen molar-refractivity contribution in [1.29, 1.82) is 0 Å². The first-order chi connectivity index (χ1) is 14.8. The van der Waals surface area contributed by atoms with E-state index in [-0.39, 0.29) is 0 Å². The lowest BCUT2D eigenvalue weighted by atomic mass is 9.97. The van der Waals surface area contributed by atoms with E-state index in [1.165, 1.54) is 5.56 Å². The van der Waals surface area contributed by atoms with Gasteiger partial charge in [0.25, 0.3) is 0 Å². The molecule has 4 heteroatoms. The number of pyridine rings is 2. The maximum absolute atomic E-state index is 4.54. The maximum atomic E-state index is 4.54. The van der Waals surface area contributed by atoms with Crippen LogP contribution in [0.15, 0.2) is 110 Å². The van der Waals surface area contributed by atoms with E-state index in [4.69, 9.17) is 0 Å². The molecule has 30 heavy (non-hydrogen) atoms. The predicted molar refractivity (Wildman–Crippen MR) is 119 cm³/mol. The fourth-order valence-electron chi connectivity index (χ4n) is 3.59. The number of benzene rings is 2. The molecule has 0 aliphatic heterocycles. The molecule has 0 amide bonds. The molecule has 144 valence electrons. The first kappa shape index (κ1) is 18.0. The molecule has 2 aromatic carbocycles. The fourth-order valence-corrected chi connectivity index (χ4v) is 3.59. The fraction of sp³-hybridized carbons (Fsp3) is 0.0385. The highest BCUT2D eigenvalue weighted by atomic mass is 15.3. The number of hydrogen-bond donors (Lipinski definition) is 0. The first-order valence-corrected chi connectivity index (χ1v) is 9.91. The SMILES string of the molecule is c1ccc(Cc2cccc(-c3cc(-c4ccccn4)cc(-n4cccn4)c3)c2)nc1. The van der Waals surface area contributed by atoms with E-state index in [0.29, 0.717) is 0 Å². The van der Waals surface area contributed by atoms with Gasteiger partial charge in [-0.05, 0) is 65.2 Å². The Bertz CT molecular complexity index is 1250. The van der Waals surface area contributed by atoms with E-state index in [1.54, 1.807) is 6.20 Å². The topological polar surface area (TPSA) is 43.6 Å². The smallest absolute Gasteiger partial charge is 0.0702 e. The molecule has 5 aromatic rings. The van der Waals surface area contributed by atoms with E-state index in [9.17, 15) is 0 Å². The Morgan fingerprint density at radius 2 is 1.50 bits per heavy atom. The lowest BCUT2D eigenvalue weighted by Gasteiger charge is -2.11. The van der Waals surface area contributed by atoms with E-state index >= 15 is 0 Å². The summed E-state index contributed by atoms with van der Waals surface area (Å²) >= 11 is 0. The summed E-state index contributed by atoms with van der Waals surface area (Å²) in [6.45, 7) is 0. The highest BCUT2D eigenvalue weighted by molar-refractivity contribution is 5.75. The predicted octanol–water partition coefficient (Wildman–Crippen LogP) is 5.59. The monoisotopic (exact) mass is 388 g/mol. The molecular formula is C26H20N4. The van der Waals surface area contributed by atoms with Gasteiger partial charge in [-0.15, -0.1) is 0 Å². The van der Waals surface area contributed by atoms with Gasteiger partial charge in [0.1, 0.15) is 0 Å². The molecule has 0 unspecified atom stereocenters. The molecule has 0 aliphatic carbocycles. The molecule has 0 bridgehead atoms. The molecule has 4 nitrogen and oxygen atoms in total. The molecule has 0 spiro atoms. The minimum atomic E-state index is 0.806. The average molecular weight is 388 g/mol. The zero-order valence-electron chi connectivity index (χ0n) is 16.4. The molecule has 5 rings (SSSR count). The van der Waals surface area contributed by atoms with Crippen molar-refractivity contribution >= 4 is 0 Å². The van der Waals surface area contributed by atoms with Crippen LogP contribution in [0, 0.1) is 0 Å². The lowest BCUT2D eigenvalue weighted by Crippen LogP contribution is -1.97. The number of nitrogens with zero attached hydrogens (tertiary/aromatic N) is 4. The zero-order valence-corrected chi connectivity index (χ0v) is 16.4. The largest absolute Gasteiger partial charge is 0.261 e. The van der Waals surface area contributed by atoms with Gasteiger partial charge in [-0.3, -0.25) is 9.97 Å². The normalized spacial score (nSPS) is 10.8. The second-order valence-electron chi connectivity index (χ2n) is 7.13. The van der Waals surface area contributed by atoms with E-state index in [2.05, 4.69) is 63.6 Å². The molecule has 0 saturated carbocycles. The lowest BCUT2D eigenvalue weighted by molar-refractivity contribution is 0.881. The van der Waals surface area contributed by atoms with Gasteiger partial charge in [-0.25, -0.2) is 4.68 Å². The molecule has 0 aliphatic rings. The van der Waals surface area contributed by atoms with Crippen LogP contribution in [0.5, 0.6) is 0 Å². The Balaban J connectivity index is 1.58. The number of rotatable bonds is 5. The Kier molecular flexibility index (Phi) is 4.88. The summed E-state index contributed by atoms with van der Waals surface area (Å²) in [6, 6.07) is 29.0. The molecule has 3 heterocycles. The summed E-state index contributed by atoms with van der Waals surface area (Å²) in [5, 5.41) is 4.42. The average Bonchev–Trinajstić information content (AvgIpc) is 3.35. The van der Waals surface area contributed by atoms with Gasteiger partial charge < -0.3 is 0 Å². The second kappa shape index (κ2) is 8.13. The van der Waals surface area contributed by atoms with Crippen LogP contribution in [-0.2, 0) is 6.42 Å². The molecular weight excluding hydrogens is 368 g/mol. The molecule has 0 radical (unpaired) electrons. The maximum Gasteiger partial charge on any atom is 0.0702 e. The quantitative estimate of drug-likeness (QED) is 0.394. The molecule has 0 saturated heterocycles. The molecule has 0 atom stereocenters. The van der Waals surface area contributed by atoms with Crippen molar-refractivity contribution in [3.63, 3.8) is 0 Å². The van der Waals surface area contributed by atoms with Crippen molar-refractivity contribution in [1.82, 2.24) is 19.7 Å². The summed E-state index contributed by atoms with van der Waals surface area (Å²) in [5.41, 5.74) is 7.60. The minimum Gasteiger partial charge on any atom is -0.261 e. The third-order valence-corrected chi connectivity index (χ3v) is 5.02. The minimum absolute atomic E-state index is 0.806. The summed E-state index contributed by atoms with van der Waals surface area (Å²) in [6.07, 6.45) is 8.22. The van der Waals surface area contributed by atoms with Gasteiger partial charge in [-0.2, -0.15) is 5.10 Å². The van der Waals surface area contributed by atoms with Gasteiger partial charge in [0.2, 0.25) is 0 Å². The Labute approximate surface area is 175 Å². The third-order valence-electron chi connectivity index (χ3n) is 5.02. The summed E-state index contributed by atoms with van der Waals surface area (Å²) < 4.78 is 1.88.